The third-order valence-electron chi connectivity index (χ3n) is 5.94. The number of imidazole rings is 1. The Balaban J connectivity index is 1.80. The average Bonchev–Trinajstić information content (AvgIpc) is 3.17. The number of unbranched alkanes of at least 4 members (excludes halogenated alkanes) is 3. The first-order chi connectivity index (χ1) is 15.5. The lowest BCUT2D eigenvalue weighted by atomic mass is 10.2. The second-order valence-corrected chi connectivity index (χ2v) is 8.25. The molecule has 4 rings (SSSR count). The molecule has 1 aliphatic heterocycles. The van der Waals surface area contributed by atoms with Crippen molar-refractivity contribution in [1.29, 1.82) is 0 Å². The largest absolute Gasteiger partial charge is 0.494 e. The fourth-order valence-corrected chi connectivity index (χ4v) is 4.30. The monoisotopic (exact) mass is 441 g/mol. The van der Waals surface area contributed by atoms with Crippen LogP contribution in [-0.2, 0) is 20.1 Å². The Morgan fingerprint density at radius 3 is 2.53 bits per heavy atom. The van der Waals surface area contributed by atoms with Crippen molar-refractivity contribution in [2.45, 2.75) is 58.7 Å². The molecule has 0 radical (unpaired) electrons. The van der Waals surface area contributed by atoms with E-state index in [0.717, 1.165) is 37.1 Å². The van der Waals surface area contributed by atoms with Gasteiger partial charge < -0.3 is 19.3 Å². The molecule has 32 heavy (non-hydrogen) atoms. The van der Waals surface area contributed by atoms with Crippen molar-refractivity contribution >= 4 is 22.8 Å². The number of ether oxygens (including phenoxy) is 1. The molecule has 0 saturated heterocycles. The van der Waals surface area contributed by atoms with E-state index in [4.69, 9.17) is 4.74 Å². The fourth-order valence-electron chi connectivity index (χ4n) is 4.30. The number of aromatic nitrogens is 4. The Morgan fingerprint density at radius 2 is 1.84 bits per heavy atom. The molecule has 2 aromatic heterocycles. The first-order valence-corrected chi connectivity index (χ1v) is 11.3. The Hall–Kier alpha value is -3.07. The van der Waals surface area contributed by atoms with E-state index < -0.39 is 6.10 Å². The van der Waals surface area contributed by atoms with E-state index in [1.807, 2.05) is 36.1 Å². The summed E-state index contributed by atoms with van der Waals surface area (Å²) in [6.07, 6.45) is 3.22. The normalized spacial score (nSPS) is 15.9. The second kappa shape index (κ2) is 9.20. The molecule has 3 heterocycles. The van der Waals surface area contributed by atoms with Crippen LogP contribution < -0.4 is 20.9 Å². The van der Waals surface area contributed by atoms with E-state index in [9.17, 15) is 14.7 Å². The van der Waals surface area contributed by atoms with Gasteiger partial charge in [0.25, 0.3) is 5.56 Å². The van der Waals surface area contributed by atoms with E-state index >= 15 is 0 Å². The lowest BCUT2D eigenvalue weighted by Crippen LogP contribution is -2.41. The minimum atomic E-state index is -0.680. The summed E-state index contributed by atoms with van der Waals surface area (Å²) in [5.41, 5.74) is 0.812. The molecule has 0 amide bonds. The zero-order valence-electron chi connectivity index (χ0n) is 19.0. The van der Waals surface area contributed by atoms with Gasteiger partial charge in [-0.15, -0.1) is 0 Å². The molecule has 3 aromatic rings. The SMILES string of the molecule is CCCCCCn1c(=O)c2c(nc3n2CC(O)CN3c2ccc(OCC)cc2)n(C)c1=O. The minimum Gasteiger partial charge on any atom is -0.494 e. The summed E-state index contributed by atoms with van der Waals surface area (Å²) in [4.78, 5) is 32.8. The molecule has 1 aromatic carbocycles. The summed E-state index contributed by atoms with van der Waals surface area (Å²) < 4.78 is 10.00. The van der Waals surface area contributed by atoms with Gasteiger partial charge in [-0.25, -0.2) is 4.79 Å². The van der Waals surface area contributed by atoms with Crippen molar-refractivity contribution in [1.82, 2.24) is 18.7 Å². The van der Waals surface area contributed by atoms with Gasteiger partial charge in [-0.2, -0.15) is 4.98 Å². The molecular formula is C23H31N5O4. The lowest BCUT2D eigenvalue weighted by molar-refractivity contribution is 0.154. The summed E-state index contributed by atoms with van der Waals surface area (Å²) in [5, 5.41) is 10.6. The van der Waals surface area contributed by atoms with E-state index in [0.29, 0.717) is 36.8 Å². The van der Waals surface area contributed by atoms with Crippen molar-refractivity contribution in [3.63, 3.8) is 0 Å². The summed E-state index contributed by atoms with van der Waals surface area (Å²) in [6.45, 7) is 5.61. The molecule has 0 bridgehead atoms. The molecular weight excluding hydrogens is 410 g/mol. The topological polar surface area (TPSA) is 94.5 Å². The van der Waals surface area contributed by atoms with Gasteiger partial charge in [0.2, 0.25) is 5.95 Å². The third-order valence-corrected chi connectivity index (χ3v) is 5.94. The number of benzene rings is 1. The molecule has 9 nitrogen and oxygen atoms in total. The molecule has 0 spiro atoms. The number of aryl methyl sites for hydroxylation is 1. The fraction of sp³-hybridized carbons (Fsp3) is 0.522. The van der Waals surface area contributed by atoms with Crippen molar-refractivity contribution in [2.24, 2.45) is 7.05 Å². The highest BCUT2D eigenvalue weighted by Crippen LogP contribution is 2.32. The van der Waals surface area contributed by atoms with Crippen LogP contribution in [0, 0.1) is 0 Å². The van der Waals surface area contributed by atoms with Gasteiger partial charge in [0.15, 0.2) is 11.2 Å². The molecule has 0 fully saturated rings. The molecule has 0 aliphatic carbocycles. The van der Waals surface area contributed by atoms with Crippen LogP contribution in [0.3, 0.4) is 0 Å². The maximum absolute atomic E-state index is 13.3. The van der Waals surface area contributed by atoms with Crippen molar-refractivity contribution in [3.05, 3.63) is 45.1 Å². The van der Waals surface area contributed by atoms with Gasteiger partial charge in [0.1, 0.15) is 5.75 Å². The molecule has 172 valence electrons. The Bertz CT molecular complexity index is 1210. The van der Waals surface area contributed by atoms with Crippen molar-refractivity contribution in [2.75, 3.05) is 18.1 Å². The summed E-state index contributed by atoms with van der Waals surface area (Å²) >= 11 is 0. The molecule has 1 N–H and O–H groups in total. The number of hydrogen-bond acceptors (Lipinski definition) is 6. The quantitative estimate of drug-likeness (QED) is 0.540. The number of β-amino-alcohol motifs (C(OH)–C–C–N with tert-alkyl or cyclic N) is 1. The van der Waals surface area contributed by atoms with Gasteiger partial charge in [-0.05, 0) is 37.6 Å². The number of rotatable bonds is 8. The van der Waals surface area contributed by atoms with E-state index in [1.165, 1.54) is 9.13 Å². The molecule has 0 saturated carbocycles. The predicted octanol–water partition coefficient (Wildman–Crippen LogP) is 2.39. The van der Waals surface area contributed by atoms with Gasteiger partial charge in [-0.3, -0.25) is 13.9 Å². The maximum Gasteiger partial charge on any atom is 0.332 e. The number of hydrogen-bond donors (Lipinski definition) is 1. The minimum absolute atomic E-state index is 0.253. The second-order valence-electron chi connectivity index (χ2n) is 8.25. The predicted molar refractivity (Wildman–Crippen MR) is 124 cm³/mol. The summed E-state index contributed by atoms with van der Waals surface area (Å²) in [5.74, 6) is 1.31. The summed E-state index contributed by atoms with van der Waals surface area (Å²) in [7, 11) is 1.64. The maximum atomic E-state index is 13.3. The zero-order chi connectivity index (χ0) is 22.8. The van der Waals surface area contributed by atoms with E-state index in [1.54, 1.807) is 11.6 Å². The van der Waals surface area contributed by atoms with Crippen LogP contribution in [0.1, 0.15) is 39.5 Å². The highest BCUT2D eigenvalue weighted by Gasteiger charge is 2.30. The van der Waals surface area contributed by atoms with Crippen LogP contribution in [0.15, 0.2) is 33.9 Å². The highest BCUT2D eigenvalue weighted by molar-refractivity contribution is 5.77. The van der Waals surface area contributed by atoms with Crippen LogP contribution in [-0.4, -0.2) is 43.0 Å². The van der Waals surface area contributed by atoms with E-state index in [2.05, 4.69) is 11.9 Å². The number of nitrogens with zero attached hydrogens (tertiary/aromatic N) is 5. The number of aliphatic hydroxyl groups is 1. The first kappa shape index (κ1) is 22.1. The van der Waals surface area contributed by atoms with Crippen molar-refractivity contribution in [3.8, 4) is 5.75 Å². The first-order valence-electron chi connectivity index (χ1n) is 11.3. The van der Waals surface area contributed by atoms with Crippen LogP contribution in [0.25, 0.3) is 11.2 Å². The number of fused-ring (bicyclic) bond motifs is 3. The van der Waals surface area contributed by atoms with Crippen LogP contribution >= 0.6 is 0 Å². The summed E-state index contributed by atoms with van der Waals surface area (Å²) in [6, 6.07) is 7.53. The van der Waals surface area contributed by atoms with Crippen molar-refractivity contribution < 1.29 is 9.84 Å². The molecule has 9 heteroatoms. The lowest BCUT2D eigenvalue weighted by Gasteiger charge is -2.32. The van der Waals surface area contributed by atoms with Crippen LogP contribution in [0.2, 0.25) is 0 Å². The van der Waals surface area contributed by atoms with Crippen LogP contribution in [0.5, 0.6) is 5.75 Å². The standard InChI is InChI=1S/C23H31N5O4/c1-4-6-7-8-13-26-21(30)19-20(25(3)23(26)31)24-22-27(14-17(29)15-28(19)22)16-9-11-18(12-10-16)32-5-2/h9-12,17,29H,4-8,13-15H2,1-3H3. The van der Waals surface area contributed by atoms with Crippen LogP contribution in [0.4, 0.5) is 11.6 Å². The van der Waals surface area contributed by atoms with Gasteiger partial charge in [0, 0.05) is 19.3 Å². The zero-order valence-corrected chi connectivity index (χ0v) is 19.0. The van der Waals surface area contributed by atoms with Gasteiger partial charge >= 0.3 is 5.69 Å². The smallest absolute Gasteiger partial charge is 0.332 e. The number of anilines is 2. The van der Waals surface area contributed by atoms with Gasteiger partial charge in [-0.1, -0.05) is 26.2 Å². The van der Waals surface area contributed by atoms with Gasteiger partial charge in [0.05, 0.1) is 25.8 Å². The highest BCUT2D eigenvalue weighted by atomic mass is 16.5. The Kier molecular flexibility index (Phi) is 6.36. The van der Waals surface area contributed by atoms with E-state index in [-0.39, 0.29) is 17.8 Å². The Labute approximate surface area is 186 Å². The average molecular weight is 442 g/mol. The molecule has 1 atom stereocenters. The third kappa shape index (κ3) is 3.92. The number of aliphatic hydroxyl groups excluding tert-OH is 1. The Morgan fingerprint density at radius 1 is 1.09 bits per heavy atom. The molecule has 1 unspecified atom stereocenters. The molecule has 1 aliphatic rings.